The lowest BCUT2D eigenvalue weighted by atomic mass is 10.1. The fourth-order valence-electron chi connectivity index (χ4n) is 2.88. The average Bonchev–Trinajstić information content (AvgIpc) is 2.62. The summed E-state index contributed by atoms with van der Waals surface area (Å²) in [5, 5.41) is 3.27. The van der Waals surface area contributed by atoms with Crippen molar-refractivity contribution in [3.05, 3.63) is 54.4 Å². The Morgan fingerprint density at radius 1 is 1.20 bits per heavy atom. The third-order valence-corrected chi connectivity index (χ3v) is 6.15. The summed E-state index contributed by atoms with van der Waals surface area (Å²) in [5.41, 5.74) is 1.87. The van der Waals surface area contributed by atoms with E-state index < -0.39 is 10.0 Å². The van der Waals surface area contributed by atoms with Crippen LogP contribution in [0.2, 0.25) is 0 Å². The zero-order valence-corrected chi connectivity index (χ0v) is 15.9. The Morgan fingerprint density at radius 2 is 1.92 bits per heavy atom. The second-order valence-electron chi connectivity index (χ2n) is 6.01. The molecule has 1 aromatic heterocycles. The van der Waals surface area contributed by atoms with Crippen LogP contribution in [-0.2, 0) is 10.0 Å². The number of hydrogen-bond acceptors (Lipinski definition) is 5. The van der Waals surface area contributed by atoms with Crippen LogP contribution in [0.25, 0.3) is 0 Å². The lowest BCUT2D eigenvalue weighted by molar-refractivity contribution is 0.271. The number of nitrogens with zero attached hydrogens (tertiary/aromatic N) is 3. The molecule has 8 heteroatoms. The van der Waals surface area contributed by atoms with E-state index in [1.165, 1.54) is 0 Å². The summed E-state index contributed by atoms with van der Waals surface area (Å²) in [6.45, 7) is 1.67. The molecule has 6 nitrogen and oxygen atoms in total. The lowest BCUT2D eigenvalue weighted by Gasteiger charge is -2.35. The second kappa shape index (κ2) is 8.14. The highest BCUT2D eigenvalue weighted by molar-refractivity contribution is 7.89. The van der Waals surface area contributed by atoms with Crippen LogP contribution in [-0.4, -0.2) is 51.4 Å². The van der Waals surface area contributed by atoms with E-state index in [9.17, 15) is 8.42 Å². The van der Waals surface area contributed by atoms with Gasteiger partial charge in [-0.3, -0.25) is 4.98 Å². The molecule has 0 bridgehead atoms. The number of benzene rings is 1. The highest BCUT2D eigenvalue weighted by Gasteiger charge is 2.34. The molecule has 136 valence electrons. The molecule has 2 aromatic rings. The number of nitrogens with one attached hydrogen (secondary N) is 1. The monoisotopic (exact) mass is 382 g/mol. The van der Waals surface area contributed by atoms with Gasteiger partial charge in [0.1, 0.15) is 0 Å². The molecule has 0 radical (unpaired) electrons. The minimum absolute atomic E-state index is 0. The summed E-state index contributed by atoms with van der Waals surface area (Å²) < 4.78 is 27.8. The van der Waals surface area contributed by atoms with Crippen molar-refractivity contribution < 1.29 is 8.42 Å². The van der Waals surface area contributed by atoms with E-state index in [1.807, 2.05) is 43.3 Å². The van der Waals surface area contributed by atoms with Gasteiger partial charge in [0.05, 0.1) is 10.9 Å². The smallest absolute Gasteiger partial charge is 0.243 e. The number of sulfonamides is 1. The van der Waals surface area contributed by atoms with Crippen LogP contribution < -0.4 is 10.2 Å². The van der Waals surface area contributed by atoms with E-state index in [1.54, 1.807) is 28.8 Å². The lowest BCUT2D eigenvalue weighted by Crippen LogP contribution is -2.48. The molecule has 1 aliphatic rings. The van der Waals surface area contributed by atoms with E-state index in [0.29, 0.717) is 24.5 Å². The Bertz CT molecular complexity index is 782. The third-order valence-electron chi connectivity index (χ3n) is 4.22. The fraction of sp³-hybridized carbons (Fsp3) is 0.353. The molecule has 0 saturated carbocycles. The number of halogens is 1. The topological polar surface area (TPSA) is 65.5 Å². The second-order valence-corrected chi connectivity index (χ2v) is 7.90. The molecule has 1 N–H and O–H groups in total. The van der Waals surface area contributed by atoms with Crippen LogP contribution in [0.15, 0.2) is 53.7 Å². The zero-order chi connectivity index (χ0) is 17.2. The Balaban J connectivity index is 0.00000225. The molecule has 2 heterocycles. The highest BCUT2D eigenvalue weighted by atomic mass is 35.5. The molecular formula is C17H23ClN4O2S. The maximum absolute atomic E-state index is 13.1. The Kier molecular flexibility index (Phi) is 6.40. The van der Waals surface area contributed by atoms with Gasteiger partial charge in [-0.15, -0.1) is 12.4 Å². The average molecular weight is 383 g/mol. The molecule has 0 aliphatic carbocycles. The summed E-state index contributed by atoms with van der Waals surface area (Å²) in [4.78, 5) is 6.39. The Hall–Kier alpha value is -1.67. The summed E-state index contributed by atoms with van der Waals surface area (Å²) >= 11 is 0. The molecule has 1 unspecified atom stereocenters. The van der Waals surface area contributed by atoms with Gasteiger partial charge in [-0.1, -0.05) is 6.07 Å². The van der Waals surface area contributed by atoms with Crippen molar-refractivity contribution >= 4 is 28.1 Å². The molecule has 25 heavy (non-hydrogen) atoms. The number of pyridine rings is 1. The van der Waals surface area contributed by atoms with Crippen LogP contribution in [0.3, 0.4) is 0 Å². The first kappa shape index (κ1) is 19.7. The van der Waals surface area contributed by atoms with Gasteiger partial charge < -0.3 is 10.2 Å². The fourth-order valence-corrected chi connectivity index (χ4v) is 4.50. The van der Waals surface area contributed by atoms with Gasteiger partial charge in [-0.2, -0.15) is 4.31 Å². The number of hydrogen-bond donors (Lipinski definition) is 1. The van der Waals surface area contributed by atoms with Gasteiger partial charge in [0, 0.05) is 51.8 Å². The van der Waals surface area contributed by atoms with E-state index >= 15 is 0 Å². The van der Waals surface area contributed by atoms with Crippen molar-refractivity contribution in [3.8, 4) is 0 Å². The zero-order valence-electron chi connectivity index (χ0n) is 14.3. The van der Waals surface area contributed by atoms with E-state index in [2.05, 4.69) is 10.3 Å². The SMILES string of the molecule is CN(C)c1ccc(S(=O)(=O)N2CCNCC2c2cccnc2)cc1.Cl. The molecule has 0 spiro atoms. The molecule has 1 aromatic carbocycles. The minimum atomic E-state index is -3.55. The van der Waals surface area contributed by atoms with Gasteiger partial charge in [-0.05, 0) is 35.9 Å². The van der Waals surface area contributed by atoms with Crippen molar-refractivity contribution in [2.45, 2.75) is 10.9 Å². The predicted octanol–water partition coefficient (Wildman–Crippen LogP) is 1.90. The summed E-state index contributed by atoms with van der Waals surface area (Å²) in [5.74, 6) is 0. The van der Waals surface area contributed by atoms with Crippen molar-refractivity contribution in [3.63, 3.8) is 0 Å². The molecule has 1 saturated heterocycles. The molecular weight excluding hydrogens is 360 g/mol. The van der Waals surface area contributed by atoms with Crippen molar-refractivity contribution in [1.82, 2.24) is 14.6 Å². The first-order chi connectivity index (χ1) is 11.5. The Labute approximate surface area is 155 Å². The van der Waals surface area contributed by atoms with Crippen LogP contribution in [0.4, 0.5) is 5.69 Å². The molecule has 0 amide bonds. The Morgan fingerprint density at radius 3 is 2.52 bits per heavy atom. The van der Waals surface area contributed by atoms with E-state index in [4.69, 9.17) is 0 Å². The van der Waals surface area contributed by atoms with Crippen LogP contribution in [0.5, 0.6) is 0 Å². The molecule has 1 fully saturated rings. The summed E-state index contributed by atoms with van der Waals surface area (Å²) in [6.07, 6.45) is 3.42. The van der Waals surface area contributed by atoms with Crippen LogP contribution >= 0.6 is 12.4 Å². The van der Waals surface area contributed by atoms with Crippen LogP contribution in [0.1, 0.15) is 11.6 Å². The van der Waals surface area contributed by atoms with Crippen molar-refractivity contribution in [1.29, 1.82) is 0 Å². The van der Waals surface area contributed by atoms with Gasteiger partial charge in [0.25, 0.3) is 0 Å². The normalized spacial score (nSPS) is 18.4. The first-order valence-corrected chi connectivity index (χ1v) is 9.34. The third kappa shape index (κ3) is 4.12. The van der Waals surface area contributed by atoms with Gasteiger partial charge in [0.2, 0.25) is 10.0 Å². The standard InChI is InChI=1S/C17H22N4O2S.ClH/c1-20(2)15-5-7-16(8-6-15)24(22,23)21-11-10-19-13-17(21)14-4-3-9-18-12-14;/h3-9,12,17,19H,10-11,13H2,1-2H3;1H. The van der Waals surface area contributed by atoms with Gasteiger partial charge in [0.15, 0.2) is 0 Å². The number of aromatic nitrogens is 1. The molecule has 1 aliphatic heterocycles. The van der Waals surface area contributed by atoms with Crippen molar-refractivity contribution in [2.75, 3.05) is 38.6 Å². The highest BCUT2D eigenvalue weighted by Crippen LogP contribution is 2.29. The van der Waals surface area contributed by atoms with E-state index in [0.717, 1.165) is 11.3 Å². The van der Waals surface area contributed by atoms with E-state index in [-0.39, 0.29) is 18.4 Å². The minimum Gasteiger partial charge on any atom is -0.378 e. The summed E-state index contributed by atoms with van der Waals surface area (Å²) in [6, 6.07) is 10.5. The van der Waals surface area contributed by atoms with Gasteiger partial charge in [-0.25, -0.2) is 8.42 Å². The largest absolute Gasteiger partial charge is 0.378 e. The maximum atomic E-state index is 13.1. The maximum Gasteiger partial charge on any atom is 0.243 e. The van der Waals surface area contributed by atoms with Crippen molar-refractivity contribution in [2.24, 2.45) is 0 Å². The molecule has 1 atom stereocenters. The van der Waals surface area contributed by atoms with Gasteiger partial charge >= 0.3 is 0 Å². The van der Waals surface area contributed by atoms with Crippen LogP contribution in [0, 0.1) is 0 Å². The predicted molar refractivity (Wildman–Crippen MR) is 102 cm³/mol. The number of rotatable bonds is 4. The first-order valence-electron chi connectivity index (χ1n) is 7.90. The quantitative estimate of drug-likeness (QED) is 0.874. The summed E-state index contributed by atoms with van der Waals surface area (Å²) in [7, 11) is 0.303. The molecule has 3 rings (SSSR count). The number of piperazine rings is 1. The number of anilines is 1.